The number of hydrogen-bond acceptors (Lipinski definition) is 8. The minimum absolute atomic E-state index is 0.0138. The van der Waals surface area contributed by atoms with Gasteiger partial charge in [-0.2, -0.15) is 0 Å². The summed E-state index contributed by atoms with van der Waals surface area (Å²) in [4.78, 5) is 49.2. The summed E-state index contributed by atoms with van der Waals surface area (Å²) in [5.74, 6) is -5.88. The van der Waals surface area contributed by atoms with Crippen molar-refractivity contribution >= 4 is 28.6 Å². The molecule has 226 valence electrons. The van der Waals surface area contributed by atoms with Crippen LogP contribution in [0.3, 0.4) is 0 Å². The van der Waals surface area contributed by atoms with Crippen molar-refractivity contribution < 1.29 is 37.5 Å². The first-order valence-electron chi connectivity index (χ1n) is 13.2. The highest BCUT2D eigenvalue weighted by Gasteiger charge is 2.50. The number of hydrogen-bond donors (Lipinski definition) is 1. The van der Waals surface area contributed by atoms with Gasteiger partial charge in [-0.15, -0.1) is 0 Å². The summed E-state index contributed by atoms with van der Waals surface area (Å²) >= 11 is 0. The number of amides is 2. The van der Waals surface area contributed by atoms with Gasteiger partial charge in [0.1, 0.15) is 11.4 Å². The van der Waals surface area contributed by atoms with Crippen molar-refractivity contribution in [3.8, 4) is 11.5 Å². The number of fused-ring (bicyclic) bond motifs is 1. The predicted molar refractivity (Wildman–Crippen MR) is 146 cm³/mol. The standard InChI is InChI=1S/C27H36F2N4O8/c1-16-13-32(25(36)41-26(2,3)4)14-18(27(16,28)29)8-7-9-39-20-12-19(33(37)38)10-17-11-21(40-15-22(34)30-5)24(35)31(6)23(17)20/h10-12,16,18H,7-9,13-15H2,1-6H3,(H,30,34)/t16-,18+/m0/s1. The first-order chi connectivity index (χ1) is 19.0. The number of likely N-dealkylation sites (tertiary alicyclic amines) is 1. The van der Waals surface area contributed by atoms with Crippen molar-refractivity contribution in [1.29, 1.82) is 0 Å². The number of carbonyl (C=O) groups is 2. The van der Waals surface area contributed by atoms with Gasteiger partial charge in [-0.25, -0.2) is 13.6 Å². The molecule has 3 rings (SSSR count). The fourth-order valence-corrected chi connectivity index (χ4v) is 4.68. The molecule has 41 heavy (non-hydrogen) atoms. The summed E-state index contributed by atoms with van der Waals surface area (Å²) in [5.41, 5.74) is -1.44. The third kappa shape index (κ3) is 7.41. The van der Waals surface area contributed by atoms with Crippen molar-refractivity contribution in [2.45, 2.75) is 52.1 Å². The number of piperidine rings is 1. The highest BCUT2D eigenvalue weighted by molar-refractivity contribution is 5.88. The second kappa shape index (κ2) is 12.3. The van der Waals surface area contributed by atoms with Crippen LogP contribution in [0.15, 0.2) is 23.0 Å². The Labute approximate surface area is 235 Å². The van der Waals surface area contributed by atoms with Gasteiger partial charge < -0.3 is 29.0 Å². The van der Waals surface area contributed by atoms with Crippen molar-refractivity contribution in [2.24, 2.45) is 18.9 Å². The number of nitrogens with zero attached hydrogens (tertiary/aromatic N) is 3. The molecule has 1 aromatic heterocycles. The fraction of sp³-hybridized carbons (Fsp3) is 0.593. The van der Waals surface area contributed by atoms with Gasteiger partial charge in [-0.05, 0) is 39.7 Å². The lowest BCUT2D eigenvalue weighted by Gasteiger charge is -2.42. The van der Waals surface area contributed by atoms with Crippen LogP contribution in [0.5, 0.6) is 11.5 Å². The molecule has 1 saturated heterocycles. The number of aromatic nitrogens is 1. The topological polar surface area (TPSA) is 142 Å². The number of halogens is 2. The molecule has 1 N–H and O–H groups in total. The average molecular weight is 583 g/mol. The zero-order chi connectivity index (χ0) is 30.7. The second-order valence-corrected chi connectivity index (χ2v) is 11.1. The minimum Gasteiger partial charge on any atom is -0.491 e. The van der Waals surface area contributed by atoms with Gasteiger partial charge in [0.25, 0.3) is 23.1 Å². The molecule has 0 spiro atoms. The molecule has 1 fully saturated rings. The number of non-ortho nitro benzene ring substituents is 1. The summed E-state index contributed by atoms with van der Waals surface area (Å²) < 4.78 is 47.7. The molecule has 1 aliphatic heterocycles. The normalized spacial score (nSPS) is 18.6. The maximum Gasteiger partial charge on any atom is 0.410 e. The number of aryl methyl sites for hydroxylation is 1. The first kappa shape index (κ1) is 31.6. The van der Waals surface area contributed by atoms with E-state index in [-0.39, 0.29) is 60.6 Å². The zero-order valence-electron chi connectivity index (χ0n) is 24.0. The summed E-state index contributed by atoms with van der Waals surface area (Å²) in [6.45, 7) is 5.69. The van der Waals surface area contributed by atoms with Crippen LogP contribution in [0.25, 0.3) is 10.9 Å². The van der Waals surface area contributed by atoms with Crippen molar-refractivity contribution in [3.05, 3.63) is 38.7 Å². The number of likely N-dealkylation sites (N-methyl/N-ethyl adjacent to an activating group) is 1. The lowest BCUT2D eigenvalue weighted by atomic mass is 9.83. The van der Waals surface area contributed by atoms with Crippen LogP contribution < -0.4 is 20.3 Å². The third-order valence-electron chi connectivity index (χ3n) is 6.82. The predicted octanol–water partition coefficient (Wildman–Crippen LogP) is 3.87. The lowest BCUT2D eigenvalue weighted by Crippen LogP contribution is -2.55. The number of nitro groups is 1. The number of nitrogens with one attached hydrogen (secondary N) is 1. The number of rotatable bonds is 9. The number of pyridine rings is 1. The Morgan fingerprint density at radius 3 is 2.46 bits per heavy atom. The number of benzene rings is 1. The quantitative estimate of drug-likeness (QED) is 0.267. The molecule has 2 aromatic rings. The largest absolute Gasteiger partial charge is 0.491 e. The van der Waals surface area contributed by atoms with Crippen LogP contribution in [0.2, 0.25) is 0 Å². The molecule has 1 aliphatic rings. The van der Waals surface area contributed by atoms with Crippen LogP contribution in [0.1, 0.15) is 40.5 Å². The molecule has 0 aliphatic carbocycles. The highest BCUT2D eigenvalue weighted by atomic mass is 19.3. The van der Waals surface area contributed by atoms with Gasteiger partial charge in [0.15, 0.2) is 12.4 Å². The van der Waals surface area contributed by atoms with E-state index in [2.05, 4.69) is 5.32 Å². The molecular weight excluding hydrogens is 546 g/mol. The minimum atomic E-state index is -3.02. The molecule has 0 radical (unpaired) electrons. The van der Waals surface area contributed by atoms with E-state index in [0.29, 0.717) is 0 Å². The van der Waals surface area contributed by atoms with Crippen molar-refractivity contribution in [3.63, 3.8) is 0 Å². The fourth-order valence-electron chi connectivity index (χ4n) is 4.68. The molecular formula is C27H36F2N4O8. The molecule has 0 bridgehead atoms. The number of carbonyl (C=O) groups excluding carboxylic acids is 2. The van der Waals surface area contributed by atoms with E-state index < -0.39 is 52.4 Å². The van der Waals surface area contributed by atoms with Gasteiger partial charge in [-0.3, -0.25) is 19.7 Å². The maximum absolute atomic E-state index is 15.0. The Balaban J connectivity index is 1.79. The maximum atomic E-state index is 15.0. The Hall–Kier alpha value is -3.97. The van der Waals surface area contributed by atoms with E-state index in [0.717, 1.165) is 6.07 Å². The van der Waals surface area contributed by atoms with E-state index in [4.69, 9.17) is 14.2 Å². The number of alkyl halides is 2. The van der Waals surface area contributed by atoms with Crippen LogP contribution in [0, 0.1) is 22.0 Å². The molecule has 2 atom stereocenters. The van der Waals surface area contributed by atoms with Crippen LogP contribution in [-0.4, -0.2) is 71.3 Å². The SMILES string of the molecule is CNC(=O)COc1cc2cc([N+](=O)[O-])cc(OCCC[C@@H]3CN(C(=O)OC(C)(C)C)C[C@H](C)C3(F)F)c2n(C)c1=O. The van der Waals surface area contributed by atoms with Crippen LogP contribution >= 0.6 is 0 Å². The molecule has 12 nitrogen and oxygen atoms in total. The summed E-state index contributed by atoms with van der Waals surface area (Å²) in [7, 11) is 2.83. The van der Waals surface area contributed by atoms with Gasteiger partial charge in [0, 0.05) is 50.5 Å². The van der Waals surface area contributed by atoms with E-state index in [1.165, 1.54) is 42.6 Å². The van der Waals surface area contributed by atoms with Crippen molar-refractivity contribution in [1.82, 2.24) is 14.8 Å². The Kier molecular flexibility index (Phi) is 9.44. The lowest BCUT2D eigenvalue weighted by molar-refractivity contribution is -0.384. The molecule has 14 heteroatoms. The summed E-state index contributed by atoms with van der Waals surface area (Å²) in [6, 6.07) is 3.69. The van der Waals surface area contributed by atoms with Gasteiger partial charge in [0.05, 0.1) is 23.1 Å². The number of ether oxygens (including phenoxy) is 3. The molecule has 0 saturated carbocycles. The van der Waals surface area contributed by atoms with Crippen LogP contribution in [0.4, 0.5) is 19.3 Å². The molecule has 1 aromatic carbocycles. The second-order valence-electron chi connectivity index (χ2n) is 11.1. The Bertz CT molecular complexity index is 1370. The monoisotopic (exact) mass is 582 g/mol. The van der Waals surface area contributed by atoms with Crippen LogP contribution in [-0.2, 0) is 16.6 Å². The highest BCUT2D eigenvalue weighted by Crippen LogP contribution is 2.40. The Morgan fingerprint density at radius 1 is 1.17 bits per heavy atom. The average Bonchev–Trinajstić information content (AvgIpc) is 2.88. The van der Waals surface area contributed by atoms with Gasteiger partial charge in [0.2, 0.25) is 0 Å². The third-order valence-corrected chi connectivity index (χ3v) is 6.82. The summed E-state index contributed by atoms with van der Waals surface area (Å²) in [6.07, 6.45) is -0.482. The molecule has 2 amide bonds. The zero-order valence-corrected chi connectivity index (χ0v) is 24.0. The van der Waals surface area contributed by atoms with E-state index in [1.54, 1.807) is 20.8 Å². The smallest absolute Gasteiger partial charge is 0.410 e. The Morgan fingerprint density at radius 2 is 1.85 bits per heavy atom. The number of nitro benzene ring substituents is 1. The van der Waals surface area contributed by atoms with Gasteiger partial charge >= 0.3 is 6.09 Å². The molecule has 0 unspecified atom stereocenters. The first-order valence-corrected chi connectivity index (χ1v) is 13.2. The summed E-state index contributed by atoms with van der Waals surface area (Å²) in [5, 5.41) is 14.2. The van der Waals surface area contributed by atoms with E-state index >= 15 is 8.78 Å². The van der Waals surface area contributed by atoms with Crippen molar-refractivity contribution in [2.75, 3.05) is 33.4 Å². The van der Waals surface area contributed by atoms with Gasteiger partial charge in [-0.1, -0.05) is 6.92 Å². The molecule has 2 heterocycles. The van der Waals surface area contributed by atoms with E-state index in [9.17, 15) is 24.5 Å². The van der Waals surface area contributed by atoms with E-state index in [1.807, 2.05) is 0 Å².